The van der Waals surface area contributed by atoms with Crippen LogP contribution in [0, 0.1) is 20.8 Å². The van der Waals surface area contributed by atoms with E-state index in [1.165, 1.54) is 0 Å². The molecule has 3 nitrogen and oxygen atoms in total. The van der Waals surface area contributed by atoms with Gasteiger partial charge in [0.1, 0.15) is 0 Å². The van der Waals surface area contributed by atoms with Gasteiger partial charge in [0.2, 0.25) is 0 Å². The lowest BCUT2D eigenvalue weighted by molar-refractivity contribution is -0.255. The van der Waals surface area contributed by atoms with Gasteiger partial charge in [0.05, 0.1) is 5.97 Å². The van der Waals surface area contributed by atoms with Gasteiger partial charge in [-0.1, -0.05) is 30.3 Å². The molecule has 0 aliphatic rings. The molecule has 3 heteroatoms. The van der Waals surface area contributed by atoms with Gasteiger partial charge in [-0.25, -0.2) is 0 Å². The first-order valence-electron chi connectivity index (χ1n) is 5.90. The third kappa shape index (κ3) is 2.66. The average Bonchev–Trinajstić information content (AvgIpc) is 2.37. The molecule has 0 radical (unpaired) electrons. The normalized spacial score (nSPS) is 9.84. The number of aromatic carboxylic acids is 1. The van der Waals surface area contributed by atoms with E-state index in [-0.39, 0.29) is 11.7 Å². The summed E-state index contributed by atoms with van der Waals surface area (Å²) >= 11 is 0. The molecule has 0 unspecified atom stereocenters. The van der Waals surface area contributed by atoms with Gasteiger partial charge in [-0.2, -0.15) is 0 Å². The molecular weight excluding hydrogens is 238 g/mol. The molecule has 2 aromatic carbocycles. The summed E-state index contributed by atoms with van der Waals surface area (Å²) in [5.74, 6) is -1.12. The van der Waals surface area contributed by atoms with E-state index in [0.29, 0.717) is 0 Å². The van der Waals surface area contributed by atoms with E-state index in [2.05, 4.69) is 0 Å². The van der Waals surface area contributed by atoms with Gasteiger partial charge >= 0.3 is 0 Å². The van der Waals surface area contributed by atoms with E-state index in [1.54, 1.807) is 6.07 Å². The lowest BCUT2D eigenvalue weighted by atomic mass is 9.90. The van der Waals surface area contributed by atoms with Crippen molar-refractivity contribution in [3.8, 4) is 11.1 Å². The van der Waals surface area contributed by atoms with E-state index in [9.17, 15) is 9.90 Å². The molecule has 0 fully saturated rings. The van der Waals surface area contributed by atoms with Crippen LogP contribution in [0.1, 0.15) is 27.0 Å². The minimum absolute atomic E-state index is 0. The van der Waals surface area contributed by atoms with Crippen LogP contribution < -0.4 is 11.3 Å². The van der Waals surface area contributed by atoms with Crippen LogP contribution in [0.15, 0.2) is 36.4 Å². The molecule has 0 aliphatic carbocycles. The lowest BCUT2D eigenvalue weighted by Crippen LogP contribution is -2.24. The second-order valence-corrected chi connectivity index (χ2v) is 4.50. The Morgan fingerprint density at radius 2 is 1.53 bits per heavy atom. The molecular formula is C16H19NO2. The Kier molecular flexibility index (Phi) is 4.46. The van der Waals surface area contributed by atoms with Gasteiger partial charge in [0.25, 0.3) is 0 Å². The summed E-state index contributed by atoms with van der Waals surface area (Å²) in [6, 6.07) is 11.5. The Morgan fingerprint density at radius 3 is 2.05 bits per heavy atom. The zero-order valence-electron chi connectivity index (χ0n) is 11.8. The van der Waals surface area contributed by atoms with Crippen molar-refractivity contribution >= 4 is 5.97 Å². The molecule has 0 spiro atoms. The average molecular weight is 257 g/mol. The Bertz CT molecular complexity index is 604. The van der Waals surface area contributed by atoms with Crippen molar-refractivity contribution in [1.29, 1.82) is 0 Å². The summed E-state index contributed by atoms with van der Waals surface area (Å²) in [5.41, 5.74) is 5.17. The SMILES string of the molecule is Cc1c(C(=O)[O-])cc(-c2ccccc2)c(C)c1C.[NH4+]. The number of rotatable bonds is 2. The largest absolute Gasteiger partial charge is 0.545 e. The predicted molar refractivity (Wildman–Crippen MR) is 76.4 cm³/mol. The zero-order valence-corrected chi connectivity index (χ0v) is 11.8. The highest BCUT2D eigenvalue weighted by molar-refractivity contribution is 5.91. The van der Waals surface area contributed by atoms with Gasteiger partial charge < -0.3 is 16.1 Å². The van der Waals surface area contributed by atoms with Crippen LogP contribution in [0.5, 0.6) is 0 Å². The van der Waals surface area contributed by atoms with Gasteiger partial charge in [-0.05, 0) is 54.7 Å². The highest BCUT2D eigenvalue weighted by Crippen LogP contribution is 2.29. The summed E-state index contributed by atoms with van der Waals surface area (Å²) in [4.78, 5) is 11.2. The second-order valence-electron chi connectivity index (χ2n) is 4.50. The molecule has 0 heterocycles. The molecule has 19 heavy (non-hydrogen) atoms. The Labute approximate surface area is 113 Å². The number of hydrogen-bond acceptors (Lipinski definition) is 2. The number of carbonyl (C=O) groups is 1. The molecule has 0 saturated carbocycles. The molecule has 0 atom stereocenters. The van der Waals surface area contributed by atoms with E-state index in [0.717, 1.165) is 27.8 Å². The lowest BCUT2D eigenvalue weighted by Gasteiger charge is -2.17. The number of benzene rings is 2. The smallest absolute Gasteiger partial charge is 0.0718 e. The van der Waals surface area contributed by atoms with Crippen LogP contribution in [0.25, 0.3) is 11.1 Å². The quantitative estimate of drug-likeness (QED) is 0.897. The van der Waals surface area contributed by atoms with E-state index < -0.39 is 5.97 Å². The minimum atomic E-state index is -1.12. The maximum absolute atomic E-state index is 11.2. The first-order chi connectivity index (χ1) is 8.52. The van der Waals surface area contributed by atoms with Crippen molar-refractivity contribution in [3.05, 3.63) is 58.7 Å². The number of carbonyl (C=O) groups excluding carboxylic acids is 1. The van der Waals surface area contributed by atoms with Crippen molar-refractivity contribution in [3.63, 3.8) is 0 Å². The summed E-state index contributed by atoms with van der Waals surface area (Å²) in [6.07, 6.45) is 0. The molecule has 0 amide bonds. The van der Waals surface area contributed by atoms with Crippen molar-refractivity contribution in [2.75, 3.05) is 0 Å². The maximum atomic E-state index is 11.2. The molecule has 0 aliphatic heterocycles. The summed E-state index contributed by atoms with van der Waals surface area (Å²) < 4.78 is 0. The number of carboxylic acid groups (broad SMARTS) is 1. The van der Waals surface area contributed by atoms with Crippen LogP contribution in [-0.4, -0.2) is 5.97 Å². The van der Waals surface area contributed by atoms with Gasteiger partial charge in [-0.3, -0.25) is 0 Å². The first-order valence-corrected chi connectivity index (χ1v) is 5.90. The zero-order chi connectivity index (χ0) is 13.3. The van der Waals surface area contributed by atoms with Crippen LogP contribution in [0.3, 0.4) is 0 Å². The monoisotopic (exact) mass is 257 g/mol. The van der Waals surface area contributed by atoms with E-state index >= 15 is 0 Å². The summed E-state index contributed by atoms with van der Waals surface area (Å²) in [7, 11) is 0. The number of carboxylic acids is 1. The predicted octanol–water partition coefficient (Wildman–Crippen LogP) is 3.02. The van der Waals surface area contributed by atoms with Crippen LogP contribution >= 0.6 is 0 Å². The highest BCUT2D eigenvalue weighted by atomic mass is 16.4. The molecule has 100 valence electrons. The Balaban J connectivity index is 0.00000180. The molecule has 0 bridgehead atoms. The van der Waals surface area contributed by atoms with Crippen LogP contribution in [0.2, 0.25) is 0 Å². The topological polar surface area (TPSA) is 76.6 Å². The maximum Gasteiger partial charge on any atom is 0.0718 e. The van der Waals surface area contributed by atoms with Crippen molar-refractivity contribution in [2.45, 2.75) is 20.8 Å². The fourth-order valence-corrected chi connectivity index (χ4v) is 2.18. The van der Waals surface area contributed by atoms with E-state index in [4.69, 9.17) is 0 Å². The van der Waals surface area contributed by atoms with Gasteiger partial charge in [0, 0.05) is 5.56 Å². The summed E-state index contributed by atoms with van der Waals surface area (Å²) in [5, 5.41) is 11.2. The highest BCUT2D eigenvalue weighted by Gasteiger charge is 2.11. The second kappa shape index (κ2) is 5.67. The third-order valence-electron chi connectivity index (χ3n) is 3.53. The van der Waals surface area contributed by atoms with E-state index in [1.807, 2.05) is 51.1 Å². The molecule has 4 N–H and O–H groups in total. The Morgan fingerprint density at radius 1 is 0.947 bits per heavy atom. The molecule has 2 rings (SSSR count). The van der Waals surface area contributed by atoms with Crippen molar-refractivity contribution in [1.82, 2.24) is 6.15 Å². The molecule has 0 aromatic heterocycles. The fraction of sp³-hybridized carbons (Fsp3) is 0.188. The van der Waals surface area contributed by atoms with Crippen molar-refractivity contribution in [2.24, 2.45) is 0 Å². The molecule has 2 aromatic rings. The fourth-order valence-electron chi connectivity index (χ4n) is 2.18. The van der Waals surface area contributed by atoms with Gasteiger partial charge in [0.15, 0.2) is 0 Å². The third-order valence-corrected chi connectivity index (χ3v) is 3.53. The first kappa shape index (κ1) is 14.9. The van der Waals surface area contributed by atoms with Crippen molar-refractivity contribution < 1.29 is 9.90 Å². The standard InChI is InChI=1S/C16H16O2.H3N/c1-10-11(2)14(13-7-5-4-6-8-13)9-15(12(10)3)16(17)18;/h4-9H,1-3H3,(H,17,18);1H3. The minimum Gasteiger partial charge on any atom is -0.545 e. The summed E-state index contributed by atoms with van der Waals surface area (Å²) in [6.45, 7) is 5.79. The number of hydrogen-bond donors (Lipinski definition) is 1. The van der Waals surface area contributed by atoms with Crippen LogP contribution in [0.4, 0.5) is 0 Å². The molecule has 0 saturated heterocycles. The number of quaternary nitrogens is 1. The Hall–Kier alpha value is -2.13. The van der Waals surface area contributed by atoms with Gasteiger partial charge in [-0.15, -0.1) is 0 Å². The van der Waals surface area contributed by atoms with Crippen LogP contribution in [-0.2, 0) is 0 Å².